The Labute approximate surface area is 118 Å². The Morgan fingerprint density at radius 3 is 2.26 bits per heavy atom. The average Bonchev–Trinajstić information content (AvgIpc) is 2.35. The van der Waals surface area contributed by atoms with Crippen LogP contribution in [0.5, 0.6) is 0 Å². The van der Waals surface area contributed by atoms with Gasteiger partial charge in [0.05, 0.1) is 5.54 Å². The van der Waals surface area contributed by atoms with E-state index in [1.165, 1.54) is 0 Å². The zero-order chi connectivity index (χ0) is 14.6. The molecule has 0 radical (unpaired) electrons. The summed E-state index contributed by atoms with van der Waals surface area (Å²) in [7, 11) is 1.74. The average molecular weight is 282 g/mol. The molecule has 0 spiro atoms. The standard InChI is InChI=1S/C13H22N4OS/c1-8-9(2)16-12(17-10(8)3)19-7-6-13(4,15-5)11(14)18/h15H,6-7H2,1-5H3,(H2,14,18). The fourth-order valence-corrected chi connectivity index (χ4v) is 2.62. The summed E-state index contributed by atoms with van der Waals surface area (Å²) in [6, 6.07) is 0. The van der Waals surface area contributed by atoms with Crippen molar-refractivity contribution in [2.24, 2.45) is 5.73 Å². The monoisotopic (exact) mass is 282 g/mol. The van der Waals surface area contributed by atoms with Crippen LogP contribution < -0.4 is 11.1 Å². The lowest BCUT2D eigenvalue weighted by Gasteiger charge is -2.24. The number of nitrogens with one attached hydrogen (secondary N) is 1. The van der Waals surface area contributed by atoms with E-state index < -0.39 is 5.54 Å². The SMILES string of the molecule is CNC(C)(CCSc1nc(C)c(C)c(C)n1)C(N)=O. The van der Waals surface area contributed by atoms with Crippen molar-refractivity contribution in [3.63, 3.8) is 0 Å². The summed E-state index contributed by atoms with van der Waals surface area (Å²) in [5.74, 6) is 0.398. The van der Waals surface area contributed by atoms with Gasteiger partial charge >= 0.3 is 0 Å². The Hall–Kier alpha value is -1.14. The largest absolute Gasteiger partial charge is 0.368 e. The van der Waals surface area contributed by atoms with Gasteiger partial charge in [-0.15, -0.1) is 0 Å². The number of carbonyl (C=O) groups is 1. The van der Waals surface area contributed by atoms with Gasteiger partial charge in [-0.1, -0.05) is 11.8 Å². The maximum absolute atomic E-state index is 11.4. The van der Waals surface area contributed by atoms with Crippen molar-refractivity contribution in [3.05, 3.63) is 17.0 Å². The quantitative estimate of drug-likeness (QED) is 0.608. The van der Waals surface area contributed by atoms with E-state index in [2.05, 4.69) is 15.3 Å². The molecule has 1 amide bonds. The molecular formula is C13H22N4OS. The molecule has 106 valence electrons. The first-order valence-corrected chi connectivity index (χ1v) is 7.22. The van der Waals surface area contributed by atoms with E-state index in [1.807, 2.05) is 27.7 Å². The lowest BCUT2D eigenvalue weighted by atomic mass is 9.99. The highest BCUT2D eigenvalue weighted by Gasteiger charge is 2.28. The third-order valence-electron chi connectivity index (χ3n) is 3.54. The van der Waals surface area contributed by atoms with Crippen LogP contribution in [0.15, 0.2) is 5.16 Å². The maximum atomic E-state index is 11.4. The number of aryl methyl sites for hydroxylation is 2. The molecule has 1 aromatic rings. The zero-order valence-corrected chi connectivity index (χ0v) is 13.0. The van der Waals surface area contributed by atoms with Gasteiger partial charge in [0.15, 0.2) is 5.16 Å². The van der Waals surface area contributed by atoms with E-state index in [-0.39, 0.29) is 5.91 Å². The smallest absolute Gasteiger partial charge is 0.237 e. The van der Waals surface area contributed by atoms with Crippen molar-refractivity contribution in [3.8, 4) is 0 Å². The van der Waals surface area contributed by atoms with Crippen LogP contribution >= 0.6 is 11.8 Å². The van der Waals surface area contributed by atoms with Crippen molar-refractivity contribution in [2.45, 2.75) is 44.8 Å². The van der Waals surface area contributed by atoms with Crippen LogP contribution in [0.3, 0.4) is 0 Å². The van der Waals surface area contributed by atoms with E-state index in [1.54, 1.807) is 18.8 Å². The van der Waals surface area contributed by atoms with Gasteiger partial charge in [-0.05, 0) is 46.7 Å². The summed E-state index contributed by atoms with van der Waals surface area (Å²) in [6.07, 6.45) is 0.638. The van der Waals surface area contributed by atoms with Gasteiger partial charge in [0.1, 0.15) is 0 Å². The van der Waals surface area contributed by atoms with Crippen molar-refractivity contribution < 1.29 is 4.79 Å². The Morgan fingerprint density at radius 1 is 1.32 bits per heavy atom. The van der Waals surface area contributed by atoms with E-state index in [0.29, 0.717) is 6.42 Å². The van der Waals surface area contributed by atoms with E-state index >= 15 is 0 Å². The van der Waals surface area contributed by atoms with Gasteiger partial charge in [0.25, 0.3) is 0 Å². The lowest BCUT2D eigenvalue weighted by molar-refractivity contribution is -0.123. The van der Waals surface area contributed by atoms with Crippen molar-refractivity contribution in [2.75, 3.05) is 12.8 Å². The molecule has 0 fully saturated rings. The highest BCUT2D eigenvalue weighted by atomic mass is 32.2. The third-order valence-corrected chi connectivity index (χ3v) is 4.39. The number of nitrogens with two attached hydrogens (primary N) is 1. The molecule has 0 aromatic carbocycles. The second-order valence-electron chi connectivity index (χ2n) is 4.85. The molecule has 0 bridgehead atoms. The summed E-state index contributed by atoms with van der Waals surface area (Å²) in [5.41, 5.74) is 7.84. The first kappa shape index (κ1) is 15.9. The van der Waals surface area contributed by atoms with Crippen LogP contribution in [0, 0.1) is 20.8 Å². The summed E-state index contributed by atoms with van der Waals surface area (Å²) in [5, 5.41) is 3.72. The molecule has 0 saturated carbocycles. The van der Waals surface area contributed by atoms with Gasteiger partial charge in [-0.2, -0.15) is 0 Å². The number of thioether (sulfide) groups is 1. The predicted molar refractivity (Wildman–Crippen MR) is 78.2 cm³/mol. The summed E-state index contributed by atoms with van der Waals surface area (Å²) >= 11 is 1.55. The first-order valence-electron chi connectivity index (χ1n) is 6.23. The first-order chi connectivity index (χ1) is 8.80. The topological polar surface area (TPSA) is 80.9 Å². The number of rotatable bonds is 6. The zero-order valence-electron chi connectivity index (χ0n) is 12.2. The maximum Gasteiger partial charge on any atom is 0.237 e. The molecule has 19 heavy (non-hydrogen) atoms. The molecule has 1 atom stereocenters. The Morgan fingerprint density at radius 2 is 1.84 bits per heavy atom. The van der Waals surface area contributed by atoms with Crippen molar-refractivity contribution >= 4 is 17.7 Å². The molecule has 0 aliphatic carbocycles. The van der Waals surface area contributed by atoms with Gasteiger partial charge in [-0.3, -0.25) is 4.79 Å². The van der Waals surface area contributed by atoms with Gasteiger partial charge < -0.3 is 11.1 Å². The predicted octanol–water partition coefficient (Wildman–Crippen LogP) is 1.35. The fraction of sp³-hybridized carbons (Fsp3) is 0.615. The minimum atomic E-state index is -0.679. The molecule has 5 nitrogen and oxygen atoms in total. The van der Waals surface area contributed by atoms with Crippen molar-refractivity contribution in [1.82, 2.24) is 15.3 Å². The Kier molecular flexibility index (Phi) is 5.31. The Balaban J connectivity index is 2.66. The second-order valence-corrected chi connectivity index (χ2v) is 5.91. The summed E-state index contributed by atoms with van der Waals surface area (Å²) in [4.78, 5) is 20.2. The van der Waals surface area contributed by atoms with Crippen LogP contribution in [0.1, 0.15) is 30.3 Å². The van der Waals surface area contributed by atoms with Crippen LogP contribution in [-0.4, -0.2) is 34.2 Å². The van der Waals surface area contributed by atoms with Gasteiger partial charge in [0, 0.05) is 17.1 Å². The van der Waals surface area contributed by atoms with Crippen LogP contribution in [-0.2, 0) is 4.79 Å². The fourth-order valence-electron chi connectivity index (χ4n) is 1.52. The number of hydrogen-bond acceptors (Lipinski definition) is 5. The molecule has 0 aliphatic rings. The van der Waals surface area contributed by atoms with Crippen LogP contribution in [0.4, 0.5) is 0 Å². The number of primary amides is 1. The van der Waals surface area contributed by atoms with Gasteiger partial charge in [0.2, 0.25) is 5.91 Å². The number of nitrogens with zero attached hydrogens (tertiary/aromatic N) is 2. The van der Waals surface area contributed by atoms with E-state index in [4.69, 9.17) is 5.73 Å². The van der Waals surface area contributed by atoms with Crippen molar-refractivity contribution in [1.29, 1.82) is 0 Å². The van der Waals surface area contributed by atoms with Crippen LogP contribution in [0.2, 0.25) is 0 Å². The number of amides is 1. The number of aromatic nitrogens is 2. The molecule has 6 heteroatoms. The molecule has 1 rings (SSSR count). The molecule has 3 N–H and O–H groups in total. The number of carbonyl (C=O) groups excluding carboxylic acids is 1. The van der Waals surface area contributed by atoms with E-state index in [0.717, 1.165) is 27.9 Å². The summed E-state index contributed by atoms with van der Waals surface area (Å²) in [6.45, 7) is 7.79. The lowest BCUT2D eigenvalue weighted by Crippen LogP contribution is -2.51. The Bertz CT molecular complexity index is 455. The molecule has 1 heterocycles. The number of hydrogen-bond donors (Lipinski definition) is 2. The second kappa shape index (κ2) is 6.34. The molecular weight excluding hydrogens is 260 g/mol. The number of likely N-dealkylation sites (N-methyl/N-ethyl adjacent to an activating group) is 1. The normalized spacial score (nSPS) is 14.2. The minimum absolute atomic E-state index is 0.340. The highest BCUT2D eigenvalue weighted by Crippen LogP contribution is 2.20. The van der Waals surface area contributed by atoms with E-state index in [9.17, 15) is 4.79 Å². The highest BCUT2D eigenvalue weighted by molar-refractivity contribution is 7.99. The summed E-state index contributed by atoms with van der Waals surface area (Å²) < 4.78 is 0. The molecule has 1 aromatic heterocycles. The van der Waals surface area contributed by atoms with Gasteiger partial charge in [-0.25, -0.2) is 9.97 Å². The molecule has 0 aliphatic heterocycles. The third kappa shape index (κ3) is 3.91. The minimum Gasteiger partial charge on any atom is -0.368 e. The van der Waals surface area contributed by atoms with Crippen LogP contribution in [0.25, 0.3) is 0 Å². The molecule has 0 saturated heterocycles. The molecule has 1 unspecified atom stereocenters.